The van der Waals surface area contributed by atoms with Gasteiger partial charge in [0.25, 0.3) is 0 Å². The van der Waals surface area contributed by atoms with Gasteiger partial charge in [-0.15, -0.1) is 0 Å². The third kappa shape index (κ3) is 3.71. The second-order valence-electron chi connectivity index (χ2n) is 3.93. The van der Waals surface area contributed by atoms with E-state index in [-0.39, 0.29) is 12.2 Å². The second kappa shape index (κ2) is 7.38. The highest BCUT2D eigenvalue weighted by Gasteiger charge is 2.20. The molecule has 1 aromatic carbocycles. The maximum absolute atomic E-state index is 13.7. The summed E-state index contributed by atoms with van der Waals surface area (Å²) < 4.78 is 44.9. The van der Waals surface area contributed by atoms with Crippen LogP contribution < -0.4 is 5.32 Å². The minimum atomic E-state index is -1.44. The highest BCUT2D eigenvalue weighted by atomic mass is 19.2. The summed E-state index contributed by atoms with van der Waals surface area (Å²) in [5, 5.41) is 3.05. The quantitative estimate of drug-likeness (QED) is 0.761. The van der Waals surface area contributed by atoms with Crippen molar-refractivity contribution < 1.29 is 17.9 Å². The molecular weight excluding hydrogens is 243 g/mol. The number of rotatable bonds is 7. The summed E-state index contributed by atoms with van der Waals surface area (Å²) in [6.07, 6.45) is 0.855. The third-order valence-corrected chi connectivity index (χ3v) is 2.57. The molecule has 0 aliphatic carbocycles. The molecule has 1 N–H and O–H groups in total. The van der Waals surface area contributed by atoms with E-state index >= 15 is 0 Å². The number of hydrogen-bond acceptors (Lipinski definition) is 2. The van der Waals surface area contributed by atoms with E-state index < -0.39 is 23.5 Å². The number of hydrogen-bond donors (Lipinski definition) is 1. The molecule has 0 aliphatic heterocycles. The summed E-state index contributed by atoms with van der Waals surface area (Å²) in [4.78, 5) is 0. The Bertz CT molecular complexity index is 377. The summed E-state index contributed by atoms with van der Waals surface area (Å²) >= 11 is 0. The largest absolute Gasteiger partial charge is 0.380 e. The molecule has 0 spiro atoms. The Morgan fingerprint density at radius 1 is 1.17 bits per heavy atom. The number of ether oxygens (including phenoxy) is 1. The minimum Gasteiger partial charge on any atom is -0.380 e. The Kier molecular flexibility index (Phi) is 6.15. The van der Waals surface area contributed by atoms with Crippen LogP contribution in [-0.4, -0.2) is 19.8 Å². The zero-order valence-electron chi connectivity index (χ0n) is 10.6. The Morgan fingerprint density at radius 2 is 1.89 bits per heavy atom. The first kappa shape index (κ1) is 15.0. The molecule has 1 unspecified atom stereocenters. The molecule has 0 saturated carbocycles. The van der Waals surface area contributed by atoms with Crippen LogP contribution in [0.25, 0.3) is 0 Å². The van der Waals surface area contributed by atoms with Gasteiger partial charge in [-0.05, 0) is 26.0 Å². The third-order valence-electron chi connectivity index (χ3n) is 2.57. The van der Waals surface area contributed by atoms with Crippen molar-refractivity contribution in [1.82, 2.24) is 5.32 Å². The molecule has 18 heavy (non-hydrogen) atoms. The summed E-state index contributed by atoms with van der Waals surface area (Å²) in [5.41, 5.74) is 0.0933. The molecule has 1 atom stereocenters. The van der Waals surface area contributed by atoms with Crippen molar-refractivity contribution in [3.63, 3.8) is 0 Å². The normalized spacial score (nSPS) is 12.7. The summed E-state index contributed by atoms with van der Waals surface area (Å²) in [7, 11) is 0. The van der Waals surface area contributed by atoms with Gasteiger partial charge in [-0.1, -0.05) is 13.0 Å². The second-order valence-corrected chi connectivity index (χ2v) is 3.93. The Morgan fingerprint density at radius 3 is 2.50 bits per heavy atom. The first-order valence-electron chi connectivity index (χ1n) is 6.06. The number of nitrogens with one attached hydrogen (secondary N) is 1. The van der Waals surface area contributed by atoms with Gasteiger partial charge in [-0.25, -0.2) is 13.2 Å². The molecule has 0 aliphatic rings. The van der Waals surface area contributed by atoms with Gasteiger partial charge in [0.2, 0.25) is 0 Å². The topological polar surface area (TPSA) is 21.3 Å². The molecular formula is C13H18F3NO. The smallest absolute Gasteiger partial charge is 0.194 e. The van der Waals surface area contributed by atoms with Crippen LogP contribution in [0.4, 0.5) is 13.2 Å². The van der Waals surface area contributed by atoms with Gasteiger partial charge in [-0.2, -0.15) is 0 Å². The molecule has 1 aromatic rings. The van der Waals surface area contributed by atoms with E-state index in [0.717, 1.165) is 12.5 Å². The van der Waals surface area contributed by atoms with E-state index in [9.17, 15) is 13.2 Å². The van der Waals surface area contributed by atoms with E-state index in [0.29, 0.717) is 13.2 Å². The molecule has 0 amide bonds. The fraction of sp³-hybridized carbons (Fsp3) is 0.538. The summed E-state index contributed by atoms with van der Waals surface area (Å²) in [6, 6.07) is 1.71. The standard InChI is InChI=1S/C13H18F3NO/c1-3-7-17-11(8-18-4-2)9-5-6-10(14)13(16)12(9)15/h5-6,11,17H,3-4,7-8H2,1-2H3. The van der Waals surface area contributed by atoms with Crippen molar-refractivity contribution in [2.24, 2.45) is 0 Å². The fourth-order valence-corrected chi connectivity index (χ4v) is 1.62. The number of benzene rings is 1. The maximum Gasteiger partial charge on any atom is 0.194 e. The molecule has 102 valence electrons. The van der Waals surface area contributed by atoms with Crippen molar-refractivity contribution >= 4 is 0 Å². The molecule has 0 fully saturated rings. The molecule has 0 aromatic heterocycles. The van der Waals surface area contributed by atoms with Gasteiger partial charge in [-0.3, -0.25) is 0 Å². The SMILES string of the molecule is CCCNC(COCC)c1ccc(F)c(F)c1F. The number of halogens is 3. The predicted octanol–water partition coefficient (Wildman–Crippen LogP) is 3.18. The van der Waals surface area contributed by atoms with E-state index in [1.165, 1.54) is 6.07 Å². The van der Waals surface area contributed by atoms with Crippen molar-refractivity contribution in [3.8, 4) is 0 Å². The zero-order chi connectivity index (χ0) is 13.5. The first-order valence-corrected chi connectivity index (χ1v) is 6.06. The van der Waals surface area contributed by atoms with Gasteiger partial charge >= 0.3 is 0 Å². The van der Waals surface area contributed by atoms with Crippen LogP contribution in [0.2, 0.25) is 0 Å². The summed E-state index contributed by atoms with van der Waals surface area (Å²) in [6.45, 7) is 5.13. The molecule has 1 rings (SSSR count). The van der Waals surface area contributed by atoms with Crippen LogP contribution in [0, 0.1) is 17.5 Å². The predicted molar refractivity (Wildman–Crippen MR) is 63.8 cm³/mol. The lowest BCUT2D eigenvalue weighted by molar-refractivity contribution is 0.121. The van der Waals surface area contributed by atoms with Gasteiger partial charge in [0.1, 0.15) is 0 Å². The monoisotopic (exact) mass is 261 g/mol. The van der Waals surface area contributed by atoms with Crippen molar-refractivity contribution in [2.45, 2.75) is 26.3 Å². The fourth-order valence-electron chi connectivity index (χ4n) is 1.62. The average molecular weight is 261 g/mol. The Hall–Kier alpha value is -1.07. The van der Waals surface area contributed by atoms with Gasteiger partial charge < -0.3 is 10.1 Å². The Balaban J connectivity index is 2.93. The van der Waals surface area contributed by atoms with Gasteiger partial charge in [0, 0.05) is 12.2 Å². The average Bonchev–Trinajstić information content (AvgIpc) is 2.37. The van der Waals surface area contributed by atoms with Crippen LogP contribution in [0.1, 0.15) is 31.9 Å². The van der Waals surface area contributed by atoms with Crippen LogP contribution in [-0.2, 0) is 4.74 Å². The van der Waals surface area contributed by atoms with Crippen LogP contribution >= 0.6 is 0 Å². The molecule has 0 radical (unpaired) electrons. The first-order chi connectivity index (χ1) is 8.61. The van der Waals surface area contributed by atoms with Crippen LogP contribution in [0.15, 0.2) is 12.1 Å². The molecule has 5 heteroatoms. The van der Waals surface area contributed by atoms with E-state index in [1.807, 2.05) is 13.8 Å². The van der Waals surface area contributed by atoms with E-state index in [1.54, 1.807) is 0 Å². The lowest BCUT2D eigenvalue weighted by Gasteiger charge is -2.19. The van der Waals surface area contributed by atoms with Crippen molar-refractivity contribution in [3.05, 3.63) is 35.1 Å². The lowest BCUT2D eigenvalue weighted by atomic mass is 10.1. The van der Waals surface area contributed by atoms with Crippen molar-refractivity contribution in [2.75, 3.05) is 19.8 Å². The highest BCUT2D eigenvalue weighted by molar-refractivity contribution is 5.23. The molecule has 0 saturated heterocycles. The van der Waals surface area contributed by atoms with Gasteiger partial charge in [0.15, 0.2) is 17.5 Å². The summed E-state index contributed by atoms with van der Waals surface area (Å²) in [5.74, 6) is -3.77. The molecule has 0 bridgehead atoms. The maximum atomic E-state index is 13.7. The molecule has 0 heterocycles. The minimum absolute atomic E-state index is 0.0933. The zero-order valence-corrected chi connectivity index (χ0v) is 10.6. The van der Waals surface area contributed by atoms with E-state index in [4.69, 9.17) is 4.74 Å². The van der Waals surface area contributed by atoms with E-state index in [2.05, 4.69) is 5.32 Å². The lowest BCUT2D eigenvalue weighted by Crippen LogP contribution is -2.27. The van der Waals surface area contributed by atoms with Gasteiger partial charge in [0.05, 0.1) is 12.6 Å². The van der Waals surface area contributed by atoms with Crippen molar-refractivity contribution in [1.29, 1.82) is 0 Å². The highest BCUT2D eigenvalue weighted by Crippen LogP contribution is 2.21. The Labute approximate surface area is 105 Å². The molecule has 2 nitrogen and oxygen atoms in total. The van der Waals surface area contributed by atoms with Crippen LogP contribution in [0.5, 0.6) is 0 Å². The van der Waals surface area contributed by atoms with Crippen LogP contribution in [0.3, 0.4) is 0 Å².